The van der Waals surface area contributed by atoms with Gasteiger partial charge in [0.05, 0.1) is 31.0 Å². The van der Waals surface area contributed by atoms with Gasteiger partial charge in [0.1, 0.15) is 63.4 Å². The standard InChI is InChI=1S/C23H20F2N2O2.C16H18N2O.C11H17BN2O2.C11H14BrClO.C11H13BrO.C7H7BrO.C4H7Cl.CH4/c1-13-9-19-16(23(2,3)12-29-19)10-15(13)14-7-8-20(26-11-14)27-22(28)21-17(24)5-4-6-18(21)25;1-10-6-14-13(16(2,3)9-19-14)7-12(10)11-4-5-15(17)18-8-11;1-10(2)11(3,4)16-12(15-10)8-5-6-9(13)14-7-8;1-7-4-10(14)8(5-9(7)12)11(2,3)6-13;1-7-4-10-8(5-9(7)12)11(2,3)6-13-10;1-5-4-6(9)2-3-7(5)8;1-4(2)3-5;/h4-11H,12H2,1-3H3,(H,26,27,28);4-8H,9H2,1-3H3,(H2,17,18);5-7H,1-4H3,(H2,13,14);4-5,14H,6H2,1-3H3;4-5H,6H2,1-3H3;2-4,9H,1H3;1,3H2,2H3;1H4. The predicted molar refractivity (Wildman–Crippen MR) is 443 cm³/mol. The van der Waals surface area contributed by atoms with Crippen molar-refractivity contribution in [1.29, 1.82) is 0 Å². The molecule has 22 heteroatoms. The predicted octanol–water partition coefficient (Wildman–Crippen LogP) is 21.8. The molecule has 106 heavy (non-hydrogen) atoms. The summed E-state index contributed by atoms with van der Waals surface area (Å²) in [5, 5.41) is 21.2. The van der Waals surface area contributed by atoms with Crippen LogP contribution in [0.25, 0.3) is 22.3 Å². The lowest BCUT2D eigenvalue weighted by molar-refractivity contribution is 0.00578. The number of aromatic hydroxyl groups is 2. The Morgan fingerprint density at radius 1 is 0.585 bits per heavy atom. The first-order valence-electron chi connectivity index (χ1n) is 34.1. The molecule has 0 bridgehead atoms. The van der Waals surface area contributed by atoms with Crippen LogP contribution in [0.3, 0.4) is 0 Å². The van der Waals surface area contributed by atoms with Crippen molar-refractivity contribution >= 4 is 107 Å². The van der Waals surface area contributed by atoms with Crippen molar-refractivity contribution in [2.75, 3.05) is 48.4 Å². The highest BCUT2D eigenvalue weighted by atomic mass is 79.9. The summed E-state index contributed by atoms with van der Waals surface area (Å²) in [6.07, 6.45) is 5.15. The molecule has 0 radical (unpaired) electrons. The number of hydrogen-bond donors (Lipinski definition) is 5. The summed E-state index contributed by atoms with van der Waals surface area (Å²) in [6, 6.07) is 35.8. The van der Waals surface area contributed by atoms with Gasteiger partial charge in [-0.1, -0.05) is 135 Å². The van der Waals surface area contributed by atoms with E-state index in [1.165, 1.54) is 38.4 Å². The fraction of sp³-hybridized carbons (Fsp3) is 0.357. The molecule has 0 spiro atoms. The van der Waals surface area contributed by atoms with E-state index < -0.39 is 23.1 Å². The van der Waals surface area contributed by atoms with E-state index in [2.05, 4.69) is 160 Å². The van der Waals surface area contributed by atoms with Crippen LogP contribution in [0.4, 0.5) is 26.2 Å². The molecule has 7 N–H and O–H groups in total. The number of allylic oxidation sites excluding steroid dienone is 1. The molecular weight excluding hydrogens is 1580 g/mol. The van der Waals surface area contributed by atoms with Crippen LogP contribution in [-0.4, -0.2) is 81.0 Å². The lowest BCUT2D eigenvalue weighted by atomic mass is 9.80. The molecule has 566 valence electrons. The summed E-state index contributed by atoms with van der Waals surface area (Å²) in [6.45, 7) is 42.9. The van der Waals surface area contributed by atoms with Crippen molar-refractivity contribution in [3.63, 3.8) is 0 Å². The molecule has 1 amide bonds. The number of nitrogens with zero attached hydrogens (tertiary/aromatic N) is 3. The van der Waals surface area contributed by atoms with Crippen LogP contribution in [0.15, 0.2) is 165 Å². The van der Waals surface area contributed by atoms with E-state index in [-0.39, 0.29) is 53.2 Å². The maximum atomic E-state index is 13.8. The molecule has 1 saturated heterocycles. The Morgan fingerprint density at radius 2 is 1.01 bits per heavy atom. The SMILES string of the molecule is C.C=C(C)CCl.CC1(C)OB(c2ccc(N)nc2)OC1(C)C.Cc1cc(O)c(C(C)(C)CCl)cc1Br.Cc1cc(O)ccc1Br.Cc1cc2c(cc1-c1ccc(N)nc1)C(C)(C)CO2.Cc1cc2c(cc1-c1ccc(NC(=O)c3c(F)cccc3F)nc1)C(C)(C)CO2.Cc1cc2c(cc1Br)C(C)(C)CO2. The van der Waals surface area contributed by atoms with Gasteiger partial charge in [0.2, 0.25) is 0 Å². The van der Waals surface area contributed by atoms with Gasteiger partial charge in [-0.25, -0.2) is 23.7 Å². The number of benzene rings is 6. The number of carbonyl (C=O) groups is 1. The first-order chi connectivity index (χ1) is 48.9. The van der Waals surface area contributed by atoms with Gasteiger partial charge in [-0.05, 0) is 217 Å². The number of pyridine rings is 3. The Hall–Kier alpha value is -7.56. The number of aryl methyl sites for hydroxylation is 5. The van der Waals surface area contributed by atoms with Gasteiger partial charge in [0.25, 0.3) is 5.91 Å². The summed E-state index contributed by atoms with van der Waals surface area (Å²) in [7, 11) is -0.363. The Morgan fingerprint density at radius 3 is 1.42 bits per heavy atom. The number of aromatic nitrogens is 3. The number of phenolic OH excluding ortho intramolecular Hbond substituents is 2. The number of nitrogen functional groups attached to an aromatic ring is 2. The molecule has 0 aliphatic carbocycles. The lowest BCUT2D eigenvalue weighted by Crippen LogP contribution is -2.41. The number of halogens is 7. The van der Waals surface area contributed by atoms with Crippen molar-refractivity contribution in [1.82, 2.24) is 15.0 Å². The van der Waals surface area contributed by atoms with E-state index in [0.717, 1.165) is 107 Å². The van der Waals surface area contributed by atoms with E-state index in [1.54, 1.807) is 42.7 Å². The average molecular weight is 1680 g/mol. The maximum Gasteiger partial charge on any atom is 0.496 e. The molecule has 0 saturated carbocycles. The minimum atomic E-state index is -0.919. The third kappa shape index (κ3) is 22.1. The minimum absolute atomic E-state index is 0. The lowest BCUT2D eigenvalue weighted by Gasteiger charge is -2.32. The summed E-state index contributed by atoms with van der Waals surface area (Å²) >= 11 is 21.4. The molecule has 3 aromatic heterocycles. The molecule has 7 heterocycles. The molecular formula is C84H100BBr3Cl2F2N6O8. The number of alkyl halides is 2. The summed E-state index contributed by atoms with van der Waals surface area (Å²) in [5.74, 6) is 3.20. The number of nitrogens with two attached hydrogens (primary N) is 2. The van der Waals surface area contributed by atoms with Gasteiger partial charge in [0, 0.05) is 104 Å². The van der Waals surface area contributed by atoms with Gasteiger partial charge in [0.15, 0.2) is 0 Å². The molecule has 0 atom stereocenters. The van der Waals surface area contributed by atoms with Crippen LogP contribution in [-0.2, 0) is 31.0 Å². The molecule has 6 aromatic carbocycles. The summed E-state index contributed by atoms with van der Waals surface area (Å²) < 4.78 is 59.7. The van der Waals surface area contributed by atoms with Crippen LogP contribution in [0.1, 0.15) is 158 Å². The van der Waals surface area contributed by atoms with Gasteiger partial charge < -0.3 is 50.5 Å². The highest BCUT2D eigenvalue weighted by Crippen LogP contribution is 2.45. The summed E-state index contributed by atoms with van der Waals surface area (Å²) in [5.41, 5.74) is 26.1. The second kappa shape index (κ2) is 36.1. The van der Waals surface area contributed by atoms with Gasteiger partial charge in [-0.3, -0.25) is 4.79 Å². The van der Waals surface area contributed by atoms with E-state index in [1.807, 2.05) is 118 Å². The van der Waals surface area contributed by atoms with Crippen LogP contribution in [0.5, 0.6) is 28.7 Å². The van der Waals surface area contributed by atoms with Crippen molar-refractivity contribution < 1.29 is 47.3 Å². The van der Waals surface area contributed by atoms with Gasteiger partial charge in [-0.2, -0.15) is 0 Å². The fourth-order valence-electron chi connectivity index (χ4n) is 11.1. The monoisotopic (exact) mass is 1680 g/mol. The smallest absolute Gasteiger partial charge is 0.496 e. The zero-order valence-corrected chi connectivity index (χ0v) is 69.4. The second-order valence-corrected chi connectivity index (χ2v) is 33.3. The quantitative estimate of drug-likeness (QED) is 0.0546. The Labute approximate surface area is 661 Å². The van der Waals surface area contributed by atoms with Crippen molar-refractivity contribution in [2.24, 2.45) is 0 Å². The van der Waals surface area contributed by atoms with Crippen LogP contribution < -0.4 is 36.5 Å². The number of ether oxygens (including phenoxy) is 3. The maximum absolute atomic E-state index is 13.8. The summed E-state index contributed by atoms with van der Waals surface area (Å²) in [4.78, 5) is 24.7. The van der Waals surface area contributed by atoms with E-state index in [4.69, 9.17) is 63.3 Å². The second-order valence-electron chi connectivity index (χ2n) is 30.2. The molecule has 4 aliphatic heterocycles. The molecule has 13 rings (SSSR count). The van der Waals surface area contributed by atoms with Crippen molar-refractivity contribution in [2.45, 2.75) is 165 Å². The fourth-order valence-corrected chi connectivity index (χ4v) is 12.2. The topological polar surface area (TPSA) is 206 Å². The first kappa shape index (κ1) is 87.4. The Balaban J connectivity index is 0.000000203. The number of nitrogens with one attached hydrogen (secondary N) is 1. The molecule has 14 nitrogen and oxygen atoms in total. The average Bonchev–Trinajstić information content (AvgIpc) is 1.61. The van der Waals surface area contributed by atoms with Crippen molar-refractivity contribution in [3.8, 4) is 51.0 Å². The normalized spacial score (nSPS) is 15.1. The molecule has 0 unspecified atom stereocenters. The van der Waals surface area contributed by atoms with E-state index in [9.17, 15) is 18.7 Å². The number of fused-ring (bicyclic) bond motifs is 3. The van der Waals surface area contributed by atoms with Crippen LogP contribution >= 0.6 is 71.0 Å². The molecule has 9 aromatic rings. The zero-order chi connectivity index (χ0) is 78.1. The van der Waals surface area contributed by atoms with E-state index in [0.29, 0.717) is 41.5 Å². The number of phenols is 2. The van der Waals surface area contributed by atoms with E-state index >= 15 is 0 Å². The van der Waals surface area contributed by atoms with Crippen molar-refractivity contribution in [3.05, 3.63) is 233 Å². The third-order valence-corrected chi connectivity index (χ3v) is 22.2. The van der Waals surface area contributed by atoms with Gasteiger partial charge >= 0.3 is 7.12 Å². The number of rotatable bonds is 8. The number of carbonyl (C=O) groups excluding carboxylic acids is 1. The Kier molecular flexibility index (Phi) is 29.8. The highest BCUT2D eigenvalue weighted by molar-refractivity contribution is 9.11. The third-order valence-electron chi connectivity index (χ3n) is 18.5. The first-order valence-corrected chi connectivity index (χ1v) is 37.6. The van der Waals surface area contributed by atoms with Gasteiger partial charge in [-0.15, -0.1) is 23.2 Å². The minimum Gasteiger partial charge on any atom is -0.508 e. The molecule has 4 aliphatic rings. The largest absolute Gasteiger partial charge is 0.508 e. The number of amides is 1. The number of hydrogen-bond acceptors (Lipinski definition) is 13. The zero-order valence-electron chi connectivity index (χ0n) is 63.1. The molecule has 1 fully saturated rings. The highest BCUT2D eigenvalue weighted by Gasteiger charge is 2.52. The Bertz CT molecular complexity index is 4550. The van der Waals surface area contributed by atoms with Crippen LogP contribution in [0, 0.1) is 46.3 Å². The number of anilines is 3. The van der Waals surface area contributed by atoms with Crippen LogP contribution in [0.2, 0.25) is 0 Å².